The Kier molecular flexibility index (Phi) is 6.99. The van der Waals surface area contributed by atoms with Crippen LogP contribution in [0.25, 0.3) is 0 Å². The average Bonchev–Trinajstić information content (AvgIpc) is 2.80. The van der Waals surface area contributed by atoms with Crippen LogP contribution in [0.5, 0.6) is 0 Å². The fraction of sp³-hybridized carbons (Fsp3) is 0.692. The highest BCUT2D eigenvalue weighted by atomic mass is 32.2. The fourth-order valence-electron chi connectivity index (χ4n) is 1.73. The third-order valence-corrected chi connectivity index (χ3v) is 5.31. The Morgan fingerprint density at radius 3 is 2.58 bits per heavy atom. The maximum Gasteiger partial charge on any atom is 0.212 e. The van der Waals surface area contributed by atoms with Crippen molar-refractivity contribution in [2.24, 2.45) is 0 Å². The molecule has 4 nitrogen and oxygen atoms in total. The van der Waals surface area contributed by atoms with E-state index in [0.29, 0.717) is 12.5 Å². The van der Waals surface area contributed by atoms with Gasteiger partial charge in [-0.1, -0.05) is 19.9 Å². The molecule has 0 aromatic carbocycles. The molecule has 1 heterocycles. The summed E-state index contributed by atoms with van der Waals surface area (Å²) in [6.45, 7) is 6.92. The largest absolute Gasteiger partial charge is 0.315 e. The van der Waals surface area contributed by atoms with Crippen molar-refractivity contribution in [1.82, 2.24) is 10.0 Å². The van der Waals surface area contributed by atoms with Gasteiger partial charge >= 0.3 is 0 Å². The van der Waals surface area contributed by atoms with Crippen molar-refractivity contribution in [3.8, 4) is 0 Å². The highest BCUT2D eigenvalue weighted by Crippen LogP contribution is 2.19. The number of rotatable bonds is 9. The van der Waals surface area contributed by atoms with Crippen LogP contribution in [0, 0.1) is 0 Å². The molecule has 1 atom stereocenters. The second-order valence-electron chi connectivity index (χ2n) is 4.99. The molecule has 0 saturated carbocycles. The van der Waals surface area contributed by atoms with E-state index in [0.717, 1.165) is 17.8 Å². The van der Waals surface area contributed by atoms with E-state index in [9.17, 15) is 8.42 Å². The van der Waals surface area contributed by atoms with Crippen LogP contribution in [-0.2, 0) is 10.0 Å². The Bertz CT molecular complexity index is 441. The molecule has 1 aromatic rings. The maximum absolute atomic E-state index is 11.9. The molecular formula is C13H24N2O2S2. The first-order valence-corrected chi connectivity index (χ1v) is 9.20. The minimum Gasteiger partial charge on any atom is -0.315 e. The summed E-state index contributed by atoms with van der Waals surface area (Å²) in [6.07, 6.45) is 1.57. The Morgan fingerprint density at radius 2 is 2.00 bits per heavy atom. The molecule has 2 N–H and O–H groups in total. The number of hydrogen-bond donors (Lipinski definition) is 2. The molecule has 0 aliphatic carbocycles. The number of thiophene rings is 1. The molecule has 1 aromatic heterocycles. The summed E-state index contributed by atoms with van der Waals surface area (Å²) in [5, 5.41) is 5.24. The van der Waals surface area contributed by atoms with Crippen molar-refractivity contribution in [3.63, 3.8) is 0 Å². The summed E-state index contributed by atoms with van der Waals surface area (Å²) in [6, 6.07) is 4.19. The van der Waals surface area contributed by atoms with Crippen LogP contribution in [0.15, 0.2) is 17.5 Å². The molecule has 0 amide bonds. The van der Waals surface area contributed by atoms with Gasteiger partial charge in [-0.05, 0) is 37.8 Å². The molecule has 6 heteroatoms. The van der Waals surface area contributed by atoms with E-state index >= 15 is 0 Å². The van der Waals surface area contributed by atoms with Crippen LogP contribution in [0.1, 0.15) is 44.5 Å². The summed E-state index contributed by atoms with van der Waals surface area (Å²) in [5.41, 5.74) is 0. The quantitative estimate of drug-likeness (QED) is 0.689. The van der Waals surface area contributed by atoms with Gasteiger partial charge < -0.3 is 5.32 Å². The minimum atomic E-state index is -3.18. The zero-order valence-electron chi connectivity index (χ0n) is 11.8. The number of nitrogens with one attached hydrogen (secondary N) is 2. The van der Waals surface area contributed by atoms with Crippen LogP contribution in [0.3, 0.4) is 0 Å². The van der Waals surface area contributed by atoms with Crippen molar-refractivity contribution in [2.75, 3.05) is 12.3 Å². The Balaban J connectivity index is 2.28. The Labute approximate surface area is 120 Å². The SMILES string of the molecule is CC(C)NCCCCS(=O)(=O)NC(C)c1cccs1. The first kappa shape index (κ1) is 16.6. The van der Waals surface area contributed by atoms with Gasteiger partial charge in [-0.3, -0.25) is 0 Å². The average molecular weight is 304 g/mol. The molecule has 0 aliphatic heterocycles. The van der Waals surface area contributed by atoms with Crippen LogP contribution < -0.4 is 10.0 Å². The van der Waals surface area contributed by atoms with Gasteiger partial charge in [0, 0.05) is 10.9 Å². The molecule has 0 bridgehead atoms. The van der Waals surface area contributed by atoms with E-state index < -0.39 is 10.0 Å². The normalized spacial score (nSPS) is 13.9. The second kappa shape index (κ2) is 7.99. The van der Waals surface area contributed by atoms with Crippen molar-refractivity contribution < 1.29 is 8.42 Å². The molecule has 0 radical (unpaired) electrons. The Hall–Kier alpha value is -0.430. The van der Waals surface area contributed by atoms with Crippen LogP contribution in [0.4, 0.5) is 0 Å². The maximum atomic E-state index is 11.9. The van der Waals surface area contributed by atoms with E-state index in [4.69, 9.17) is 0 Å². The highest BCUT2D eigenvalue weighted by Gasteiger charge is 2.15. The lowest BCUT2D eigenvalue weighted by Gasteiger charge is -2.13. The topological polar surface area (TPSA) is 58.2 Å². The lowest BCUT2D eigenvalue weighted by atomic mass is 10.3. The molecule has 0 aliphatic rings. The van der Waals surface area contributed by atoms with Crippen molar-refractivity contribution in [1.29, 1.82) is 0 Å². The van der Waals surface area contributed by atoms with E-state index in [1.807, 2.05) is 24.4 Å². The second-order valence-corrected chi connectivity index (χ2v) is 7.84. The fourth-order valence-corrected chi connectivity index (χ4v) is 3.91. The predicted octanol–water partition coefficient (Wildman–Crippen LogP) is 2.51. The van der Waals surface area contributed by atoms with E-state index in [-0.39, 0.29) is 11.8 Å². The molecule has 19 heavy (non-hydrogen) atoms. The smallest absolute Gasteiger partial charge is 0.212 e. The standard InChI is InChI=1S/C13H24N2O2S2/c1-11(2)14-8-4-5-10-19(16,17)15-12(3)13-7-6-9-18-13/h6-7,9,11-12,14-15H,4-5,8,10H2,1-3H3. The van der Waals surface area contributed by atoms with E-state index in [1.165, 1.54) is 0 Å². The number of unbranched alkanes of at least 4 members (excludes halogenated alkanes) is 1. The van der Waals surface area contributed by atoms with Crippen molar-refractivity contribution >= 4 is 21.4 Å². The summed E-state index contributed by atoms with van der Waals surface area (Å²) in [7, 11) is -3.18. The van der Waals surface area contributed by atoms with Gasteiger partial charge in [0.1, 0.15) is 0 Å². The van der Waals surface area contributed by atoms with Crippen molar-refractivity contribution in [2.45, 2.75) is 45.7 Å². The molecule has 0 spiro atoms. The summed E-state index contributed by atoms with van der Waals surface area (Å²) < 4.78 is 26.5. The summed E-state index contributed by atoms with van der Waals surface area (Å²) >= 11 is 1.57. The minimum absolute atomic E-state index is 0.140. The number of sulfonamides is 1. The lowest BCUT2D eigenvalue weighted by molar-refractivity contribution is 0.550. The molecule has 0 saturated heterocycles. The molecule has 110 valence electrons. The highest BCUT2D eigenvalue weighted by molar-refractivity contribution is 7.89. The Morgan fingerprint density at radius 1 is 1.26 bits per heavy atom. The van der Waals surface area contributed by atoms with Crippen LogP contribution in [0.2, 0.25) is 0 Å². The van der Waals surface area contributed by atoms with Gasteiger partial charge in [0.25, 0.3) is 0 Å². The molecule has 1 rings (SSSR count). The monoisotopic (exact) mass is 304 g/mol. The lowest BCUT2D eigenvalue weighted by Crippen LogP contribution is -2.29. The first-order valence-electron chi connectivity index (χ1n) is 6.67. The third kappa shape index (κ3) is 7.06. The molecule has 0 fully saturated rings. The summed E-state index contributed by atoms with van der Waals surface area (Å²) in [4.78, 5) is 1.05. The molecular weight excluding hydrogens is 280 g/mol. The van der Waals surface area contributed by atoms with Crippen LogP contribution >= 0.6 is 11.3 Å². The van der Waals surface area contributed by atoms with Crippen molar-refractivity contribution in [3.05, 3.63) is 22.4 Å². The first-order chi connectivity index (χ1) is 8.91. The number of hydrogen-bond acceptors (Lipinski definition) is 4. The van der Waals surface area contributed by atoms with Gasteiger partial charge in [-0.25, -0.2) is 13.1 Å². The van der Waals surface area contributed by atoms with E-state index in [1.54, 1.807) is 11.3 Å². The molecule has 1 unspecified atom stereocenters. The zero-order valence-corrected chi connectivity index (χ0v) is 13.5. The van der Waals surface area contributed by atoms with Crippen LogP contribution in [-0.4, -0.2) is 26.8 Å². The predicted molar refractivity (Wildman–Crippen MR) is 82.0 cm³/mol. The van der Waals surface area contributed by atoms with Gasteiger partial charge in [0.15, 0.2) is 0 Å². The van der Waals surface area contributed by atoms with Gasteiger partial charge in [-0.15, -0.1) is 11.3 Å². The van der Waals surface area contributed by atoms with Gasteiger partial charge in [0.05, 0.1) is 11.8 Å². The van der Waals surface area contributed by atoms with E-state index in [2.05, 4.69) is 23.9 Å². The third-order valence-electron chi connectivity index (χ3n) is 2.72. The zero-order chi connectivity index (χ0) is 14.3. The van der Waals surface area contributed by atoms with Gasteiger partial charge in [0.2, 0.25) is 10.0 Å². The van der Waals surface area contributed by atoms with Gasteiger partial charge in [-0.2, -0.15) is 0 Å². The summed E-state index contributed by atoms with van der Waals surface area (Å²) in [5.74, 6) is 0.197.